The van der Waals surface area contributed by atoms with Crippen LogP contribution in [0.15, 0.2) is 6.20 Å². The molecule has 0 aliphatic rings. The van der Waals surface area contributed by atoms with Gasteiger partial charge in [0.15, 0.2) is 5.13 Å². The molecule has 102 valence electrons. The Morgan fingerprint density at radius 1 is 1.56 bits per heavy atom. The molecule has 1 rings (SSSR count). The van der Waals surface area contributed by atoms with Crippen LogP contribution in [-0.4, -0.2) is 56.1 Å². The lowest BCUT2D eigenvalue weighted by Gasteiger charge is -2.27. The summed E-state index contributed by atoms with van der Waals surface area (Å²) in [7, 11) is 3.26. The molecular weight excluding hydrogens is 256 g/mol. The minimum Gasteiger partial charge on any atom is -0.477 e. The van der Waals surface area contributed by atoms with Crippen molar-refractivity contribution < 1.29 is 19.4 Å². The standard InChI is InChI=1S/C11H18N2O4S/c1-8(7-17-3)13(4-5-16-2)11-12-6-9(18-11)10(14)15/h6,8H,4-5,7H2,1-3H3,(H,14,15). The molecule has 0 fully saturated rings. The molecule has 1 aromatic rings. The van der Waals surface area contributed by atoms with E-state index in [1.165, 1.54) is 6.20 Å². The van der Waals surface area contributed by atoms with Gasteiger partial charge >= 0.3 is 5.97 Å². The average Bonchev–Trinajstić information content (AvgIpc) is 2.79. The molecule has 0 amide bonds. The molecule has 1 aromatic heterocycles. The maximum Gasteiger partial charge on any atom is 0.347 e. The summed E-state index contributed by atoms with van der Waals surface area (Å²) in [5.41, 5.74) is 0. The molecule has 0 aliphatic carbocycles. The van der Waals surface area contributed by atoms with Crippen LogP contribution in [0.4, 0.5) is 5.13 Å². The van der Waals surface area contributed by atoms with Gasteiger partial charge in [0, 0.05) is 20.8 Å². The van der Waals surface area contributed by atoms with Gasteiger partial charge in [-0.2, -0.15) is 0 Å². The summed E-state index contributed by atoms with van der Waals surface area (Å²) in [6.45, 7) is 3.75. The van der Waals surface area contributed by atoms with Crippen molar-refractivity contribution in [2.45, 2.75) is 13.0 Å². The number of nitrogens with zero attached hydrogens (tertiary/aromatic N) is 2. The van der Waals surface area contributed by atoms with E-state index in [0.717, 1.165) is 11.3 Å². The first-order valence-electron chi connectivity index (χ1n) is 5.53. The third kappa shape index (κ3) is 3.94. The Labute approximate surface area is 110 Å². The van der Waals surface area contributed by atoms with E-state index in [2.05, 4.69) is 4.98 Å². The summed E-state index contributed by atoms with van der Waals surface area (Å²) in [5, 5.41) is 9.58. The first-order valence-corrected chi connectivity index (χ1v) is 6.35. The van der Waals surface area contributed by atoms with Gasteiger partial charge in [-0.1, -0.05) is 11.3 Å². The average molecular weight is 274 g/mol. The van der Waals surface area contributed by atoms with E-state index in [4.69, 9.17) is 14.6 Å². The van der Waals surface area contributed by atoms with E-state index in [9.17, 15) is 4.79 Å². The SMILES string of the molecule is COCCN(c1ncc(C(=O)O)s1)C(C)COC. The number of carboxylic acids is 1. The number of rotatable bonds is 8. The van der Waals surface area contributed by atoms with E-state index >= 15 is 0 Å². The zero-order valence-corrected chi connectivity index (χ0v) is 11.6. The smallest absolute Gasteiger partial charge is 0.347 e. The predicted octanol–water partition coefficient (Wildman–Crippen LogP) is 1.33. The summed E-state index contributed by atoms with van der Waals surface area (Å²) in [6.07, 6.45) is 1.38. The Balaban J connectivity index is 2.82. The maximum absolute atomic E-state index is 10.8. The number of methoxy groups -OCH3 is 2. The number of hydrogen-bond acceptors (Lipinski definition) is 6. The van der Waals surface area contributed by atoms with Gasteiger partial charge in [0.05, 0.1) is 25.5 Å². The van der Waals surface area contributed by atoms with Crippen LogP contribution in [-0.2, 0) is 9.47 Å². The van der Waals surface area contributed by atoms with Crippen LogP contribution in [0.5, 0.6) is 0 Å². The van der Waals surface area contributed by atoms with Crippen molar-refractivity contribution in [2.75, 3.05) is 38.9 Å². The molecule has 0 spiro atoms. The molecule has 1 N–H and O–H groups in total. The highest BCUT2D eigenvalue weighted by Gasteiger charge is 2.19. The minimum atomic E-state index is -0.954. The van der Waals surface area contributed by atoms with Crippen LogP contribution >= 0.6 is 11.3 Å². The van der Waals surface area contributed by atoms with Gasteiger partial charge in [-0.05, 0) is 6.92 Å². The molecule has 1 heterocycles. The minimum absolute atomic E-state index is 0.109. The van der Waals surface area contributed by atoms with Gasteiger partial charge in [-0.15, -0.1) is 0 Å². The van der Waals surface area contributed by atoms with E-state index < -0.39 is 5.97 Å². The van der Waals surface area contributed by atoms with Gasteiger partial charge in [-0.3, -0.25) is 0 Å². The monoisotopic (exact) mass is 274 g/mol. The van der Waals surface area contributed by atoms with Crippen molar-refractivity contribution in [1.82, 2.24) is 4.98 Å². The molecule has 0 saturated carbocycles. The van der Waals surface area contributed by atoms with Gasteiger partial charge in [0.25, 0.3) is 0 Å². The maximum atomic E-state index is 10.8. The molecule has 6 nitrogen and oxygen atoms in total. The number of ether oxygens (including phenoxy) is 2. The van der Waals surface area contributed by atoms with Crippen molar-refractivity contribution in [2.24, 2.45) is 0 Å². The molecule has 0 aliphatic heterocycles. The van der Waals surface area contributed by atoms with E-state index in [1.807, 2.05) is 11.8 Å². The summed E-state index contributed by atoms with van der Waals surface area (Å²) in [6, 6.07) is 0.109. The van der Waals surface area contributed by atoms with Crippen LogP contribution in [0.1, 0.15) is 16.6 Å². The van der Waals surface area contributed by atoms with Gasteiger partial charge in [-0.25, -0.2) is 9.78 Å². The third-order valence-corrected chi connectivity index (χ3v) is 3.45. The van der Waals surface area contributed by atoms with Crippen molar-refractivity contribution in [3.63, 3.8) is 0 Å². The molecule has 1 atom stereocenters. The van der Waals surface area contributed by atoms with Crippen LogP contribution in [0.3, 0.4) is 0 Å². The number of anilines is 1. The molecular formula is C11H18N2O4S. The van der Waals surface area contributed by atoms with Crippen molar-refractivity contribution >= 4 is 22.4 Å². The van der Waals surface area contributed by atoms with Gasteiger partial charge in [0.1, 0.15) is 4.88 Å². The summed E-state index contributed by atoms with van der Waals surface area (Å²) in [5.74, 6) is -0.954. The van der Waals surface area contributed by atoms with E-state index in [1.54, 1.807) is 14.2 Å². The fraction of sp³-hybridized carbons (Fsp3) is 0.636. The normalized spacial score (nSPS) is 12.4. The van der Waals surface area contributed by atoms with Crippen LogP contribution in [0.2, 0.25) is 0 Å². The Morgan fingerprint density at radius 3 is 2.78 bits per heavy atom. The summed E-state index contributed by atoms with van der Waals surface area (Å²) >= 11 is 1.16. The first kappa shape index (κ1) is 14.9. The Hall–Kier alpha value is -1.18. The van der Waals surface area contributed by atoms with Crippen LogP contribution in [0.25, 0.3) is 0 Å². The first-order chi connectivity index (χ1) is 8.60. The second-order valence-electron chi connectivity index (χ2n) is 3.80. The highest BCUT2D eigenvalue weighted by Crippen LogP contribution is 2.24. The zero-order chi connectivity index (χ0) is 13.5. The number of thiazole rings is 1. The second-order valence-corrected chi connectivity index (χ2v) is 4.81. The molecule has 0 aromatic carbocycles. The third-order valence-electron chi connectivity index (χ3n) is 2.43. The van der Waals surface area contributed by atoms with E-state index in [0.29, 0.717) is 24.9 Å². The highest BCUT2D eigenvalue weighted by molar-refractivity contribution is 7.17. The number of aromatic nitrogens is 1. The topological polar surface area (TPSA) is 71.9 Å². The second kappa shape index (κ2) is 7.30. The highest BCUT2D eigenvalue weighted by atomic mass is 32.1. The Kier molecular flexibility index (Phi) is 6.03. The molecule has 0 radical (unpaired) electrons. The van der Waals surface area contributed by atoms with Crippen molar-refractivity contribution in [3.05, 3.63) is 11.1 Å². The molecule has 0 saturated heterocycles. The number of carbonyl (C=O) groups is 1. The largest absolute Gasteiger partial charge is 0.477 e. The molecule has 18 heavy (non-hydrogen) atoms. The van der Waals surface area contributed by atoms with Crippen molar-refractivity contribution in [1.29, 1.82) is 0 Å². The zero-order valence-electron chi connectivity index (χ0n) is 10.8. The summed E-state index contributed by atoms with van der Waals surface area (Å²) < 4.78 is 10.2. The fourth-order valence-electron chi connectivity index (χ4n) is 1.52. The predicted molar refractivity (Wildman–Crippen MR) is 69.6 cm³/mol. The van der Waals surface area contributed by atoms with Crippen LogP contribution < -0.4 is 4.90 Å². The lowest BCUT2D eigenvalue weighted by Crippen LogP contribution is -2.38. The number of hydrogen-bond donors (Lipinski definition) is 1. The molecule has 1 unspecified atom stereocenters. The van der Waals surface area contributed by atoms with Crippen LogP contribution in [0, 0.1) is 0 Å². The van der Waals surface area contributed by atoms with Crippen molar-refractivity contribution in [3.8, 4) is 0 Å². The van der Waals surface area contributed by atoms with E-state index in [-0.39, 0.29) is 10.9 Å². The molecule has 7 heteroatoms. The summed E-state index contributed by atoms with van der Waals surface area (Å²) in [4.78, 5) is 17.2. The van der Waals surface area contributed by atoms with Gasteiger partial charge < -0.3 is 19.5 Å². The fourth-order valence-corrected chi connectivity index (χ4v) is 2.41. The quantitative estimate of drug-likeness (QED) is 0.771. The van der Waals surface area contributed by atoms with Gasteiger partial charge in [0.2, 0.25) is 0 Å². The number of carboxylic acid groups (broad SMARTS) is 1. The lowest BCUT2D eigenvalue weighted by molar-refractivity contribution is 0.0702. The Bertz CT molecular complexity index is 383. The molecule has 0 bridgehead atoms. The Morgan fingerprint density at radius 2 is 2.28 bits per heavy atom. The lowest BCUT2D eigenvalue weighted by atomic mass is 10.3. The number of aromatic carboxylic acids is 1.